The molecule has 0 bridgehead atoms. The molecule has 0 aliphatic heterocycles. The third kappa shape index (κ3) is 4.38. The minimum absolute atomic E-state index is 0.0362. The molecule has 0 heterocycles. The van der Waals surface area contributed by atoms with Crippen LogP contribution in [0.25, 0.3) is 10.8 Å². The van der Waals surface area contributed by atoms with Crippen LogP contribution < -0.4 is 20.1 Å². The van der Waals surface area contributed by atoms with Crippen LogP contribution in [0.2, 0.25) is 0 Å². The summed E-state index contributed by atoms with van der Waals surface area (Å²) in [5.41, 5.74) is 1.75. The number of amides is 1. The molecule has 140 valence electrons. The Hall–Kier alpha value is -3.05. The fraction of sp³-hybridized carbons (Fsp3) is 0.227. The zero-order chi connectivity index (χ0) is 19.2. The van der Waals surface area contributed by atoms with Gasteiger partial charge in [0.15, 0.2) is 0 Å². The van der Waals surface area contributed by atoms with Crippen molar-refractivity contribution in [3.8, 4) is 11.5 Å². The van der Waals surface area contributed by atoms with Crippen molar-refractivity contribution in [2.75, 3.05) is 26.1 Å². The Balaban J connectivity index is 1.67. The number of fused-ring (bicyclic) bond motifs is 1. The molecule has 1 atom stereocenters. The average molecular weight is 364 g/mol. The Labute approximate surface area is 159 Å². The fourth-order valence-corrected chi connectivity index (χ4v) is 3.09. The van der Waals surface area contributed by atoms with Crippen LogP contribution in [0.15, 0.2) is 60.7 Å². The Morgan fingerprint density at radius 1 is 1.00 bits per heavy atom. The maximum absolute atomic E-state index is 12.4. The number of benzene rings is 3. The van der Waals surface area contributed by atoms with E-state index in [2.05, 4.69) is 41.8 Å². The first-order valence-corrected chi connectivity index (χ1v) is 8.85. The van der Waals surface area contributed by atoms with Crippen molar-refractivity contribution in [2.24, 2.45) is 0 Å². The molecule has 0 fully saturated rings. The van der Waals surface area contributed by atoms with Gasteiger partial charge in [-0.15, -0.1) is 0 Å². The second-order valence-electron chi connectivity index (χ2n) is 6.29. The summed E-state index contributed by atoms with van der Waals surface area (Å²) in [5, 5.41) is 8.55. The summed E-state index contributed by atoms with van der Waals surface area (Å²) in [6, 6.07) is 19.8. The molecule has 27 heavy (non-hydrogen) atoms. The number of methoxy groups -OCH3 is 2. The molecule has 0 aliphatic carbocycles. The normalized spacial score (nSPS) is 11.8. The number of rotatable bonds is 7. The first kappa shape index (κ1) is 18.7. The van der Waals surface area contributed by atoms with Gasteiger partial charge in [0.2, 0.25) is 5.91 Å². The van der Waals surface area contributed by atoms with E-state index in [4.69, 9.17) is 9.47 Å². The molecule has 0 unspecified atom stereocenters. The molecule has 3 aromatic carbocycles. The Morgan fingerprint density at radius 3 is 2.56 bits per heavy atom. The molecular formula is C22H24N2O3. The van der Waals surface area contributed by atoms with Crippen molar-refractivity contribution >= 4 is 22.4 Å². The number of ether oxygens (including phenoxy) is 2. The monoisotopic (exact) mass is 364 g/mol. The second kappa shape index (κ2) is 8.56. The Kier molecular flexibility index (Phi) is 5.94. The molecule has 3 rings (SSSR count). The number of nitrogens with one attached hydrogen (secondary N) is 2. The van der Waals surface area contributed by atoms with Gasteiger partial charge in [-0.2, -0.15) is 0 Å². The standard InChI is InChI=1S/C22H24N2O3/c1-15(18-10-6-8-16-7-4-5-9-19(16)18)23-14-22(25)24-20-13-17(26-2)11-12-21(20)27-3/h4-13,15,23H,14H2,1-3H3,(H,24,25)/t15-/m1/s1. The number of hydrogen-bond acceptors (Lipinski definition) is 4. The predicted molar refractivity (Wildman–Crippen MR) is 109 cm³/mol. The number of hydrogen-bond donors (Lipinski definition) is 2. The van der Waals surface area contributed by atoms with Crippen molar-refractivity contribution in [1.82, 2.24) is 5.32 Å². The highest BCUT2D eigenvalue weighted by molar-refractivity contribution is 5.94. The summed E-state index contributed by atoms with van der Waals surface area (Å²) in [6.07, 6.45) is 0. The molecule has 0 aromatic heterocycles. The van der Waals surface area contributed by atoms with Gasteiger partial charge in [0.1, 0.15) is 11.5 Å². The van der Waals surface area contributed by atoms with Gasteiger partial charge in [-0.3, -0.25) is 4.79 Å². The highest BCUT2D eigenvalue weighted by atomic mass is 16.5. The van der Waals surface area contributed by atoms with E-state index >= 15 is 0 Å². The van der Waals surface area contributed by atoms with Crippen LogP contribution in [-0.4, -0.2) is 26.7 Å². The first-order valence-electron chi connectivity index (χ1n) is 8.85. The van der Waals surface area contributed by atoms with Crippen molar-refractivity contribution < 1.29 is 14.3 Å². The van der Waals surface area contributed by atoms with Crippen molar-refractivity contribution in [2.45, 2.75) is 13.0 Å². The summed E-state index contributed by atoms with van der Waals surface area (Å²) in [5.74, 6) is 1.10. The maximum atomic E-state index is 12.4. The highest BCUT2D eigenvalue weighted by Crippen LogP contribution is 2.29. The van der Waals surface area contributed by atoms with E-state index in [0.717, 1.165) is 0 Å². The Morgan fingerprint density at radius 2 is 1.78 bits per heavy atom. The van der Waals surface area contributed by atoms with Gasteiger partial charge in [-0.25, -0.2) is 0 Å². The van der Waals surface area contributed by atoms with Crippen molar-refractivity contribution in [1.29, 1.82) is 0 Å². The minimum atomic E-state index is -0.145. The SMILES string of the molecule is COc1ccc(OC)c(NC(=O)CN[C@H](C)c2cccc3ccccc23)c1. The maximum Gasteiger partial charge on any atom is 0.238 e. The Bertz CT molecular complexity index is 934. The summed E-state index contributed by atoms with van der Waals surface area (Å²) in [6.45, 7) is 2.24. The molecule has 0 spiro atoms. The molecule has 5 nitrogen and oxygen atoms in total. The topological polar surface area (TPSA) is 59.6 Å². The van der Waals surface area contributed by atoms with Crippen molar-refractivity contribution in [3.63, 3.8) is 0 Å². The lowest BCUT2D eigenvalue weighted by molar-refractivity contribution is -0.115. The van der Waals surface area contributed by atoms with Gasteiger partial charge >= 0.3 is 0 Å². The lowest BCUT2D eigenvalue weighted by Crippen LogP contribution is -2.30. The zero-order valence-corrected chi connectivity index (χ0v) is 15.8. The third-order valence-electron chi connectivity index (χ3n) is 4.54. The quantitative estimate of drug-likeness (QED) is 0.661. The minimum Gasteiger partial charge on any atom is -0.497 e. The van der Waals surface area contributed by atoms with E-state index in [9.17, 15) is 4.79 Å². The van der Waals surface area contributed by atoms with Gasteiger partial charge in [-0.1, -0.05) is 42.5 Å². The third-order valence-corrected chi connectivity index (χ3v) is 4.54. The van der Waals surface area contributed by atoms with Crippen LogP contribution in [0.3, 0.4) is 0 Å². The van der Waals surface area contributed by atoms with Gasteiger partial charge in [0.25, 0.3) is 0 Å². The molecule has 0 aliphatic rings. The van der Waals surface area contributed by atoms with Gasteiger partial charge in [0.05, 0.1) is 26.5 Å². The predicted octanol–water partition coefficient (Wildman–Crippen LogP) is 4.15. The summed E-state index contributed by atoms with van der Waals surface area (Å²) >= 11 is 0. The van der Waals surface area contributed by atoms with Gasteiger partial charge in [-0.05, 0) is 35.4 Å². The first-order chi connectivity index (χ1) is 13.1. The summed E-state index contributed by atoms with van der Waals surface area (Å²) < 4.78 is 10.5. The van der Waals surface area contributed by atoms with Crippen LogP contribution in [0.5, 0.6) is 11.5 Å². The average Bonchev–Trinajstić information content (AvgIpc) is 2.71. The number of carbonyl (C=O) groups is 1. The summed E-state index contributed by atoms with van der Waals surface area (Å²) in [7, 11) is 3.15. The van der Waals surface area contributed by atoms with Crippen LogP contribution in [-0.2, 0) is 4.79 Å². The van der Waals surface area contributed by atoms with Crippen LogP contribution >= 0.6 is 0 Å². The van der Waals surface area contributed by atoms with Crippen LogP contribution in [0.4, 0.5) is 5.69 Å². The van der Waals surface area contributed by atoms with E-state index in [0.29, 0.717) is 17.2 Å². The fourth-order valence-electron chi connectivity index (χ4n) is 3.09. The zero-order valence-electron chi connectivity index (χ0n) is 15.8. The molecule has 0 saturated carbocycles. The lowest BCUT2D eigenvalue weighted by Gasteiger charge is -2.17. The van der Waals surface area contributed by atoms with E-state index in [1.165, 1.54) is 16.3 Å². The van der Waals surface area contributed by atoms with Crippen LogP contribution in [0.1, 0.15) is 18.5 Å². The van der Waals surface area contributed by atoms with Crippen LogP contribution in [0, 0.1) is 0 Å². The molecule has 0 radical (unpaired) electrons. The number of anilines is 1. The number of carbonyl (C=O) groups excluding carboxylic acids is 1. The largest absolute Gasteiger partial charge is 0.497 e. The van der Waals surface area contributed by atoms with Crippen molar-refractivity contribution in [3.05, 3.63) is 66.2 Å². The molecule has 2 N–H and O–H groups in total. The molecule has 1 amide bonds. The molecule has 3 aromatic rings. The van der Waals surface area contributed by atoms with Gasteiger partial charge in [0, 0.05) is 12.1 Å². The summed E-state index contributed by atoms with van der Waals surface area (Å²) in [4.78, 5) is 12.4. The van der Waals surface area contributed by atoms with E-state index in [1.807, 2.05) is 18.2 Å². The van der Waals surface area contributed by atoms with E-state index in [1.54, 1.807) is 32.4 Å². The van der Waals surface area contributed by atoms with Gasteiger partial charge < -0.3 is 20.1 Å². The van der Waals surface area contributed by atoms with E-state index < -0.39 is 0 Å². The smallest absolute Gasteiger partial charge is 0.238 e. The van der Waals surface area contributed by atoms with E-state index in [-0.39, 0.29) is 18.5 Å². The molecule has 0 saturated heterocycles. The lowest BCUT2D eigenvalue weighted by atomic mass is 10.00. The second-order valence-corrected chi connectivity index (χ2v) is 6.29. The highest BCUT2D eigenvalue weighted by Gasteiger charge is 2.13. The molecular weight excluding hydrogens is 340 g/mol. The molecule has 5 heteroatoms.